The molecule has 4 aromatic rings. The Morgan fingerprint density at radius 1 is 1.14 bits per heavy atom. The highest BCUT2D eigenvalue weighted by Gasteiger charge is 2.28. The van der Waals surface area contributed by atoms with Gasteiger partial charge in [0, 0.05) is 52.7 Å². The van der Waals surface area contributed by atoms with Crippen LogP contribution in [0.3, 0.4) is 0 Å². The van der Waals surface area contributed by atoms with Gasteiger partial charge in [-0.15, -0.1) is 0 Å². The summed E-state index contributed by atoms with van der Waals surface area (Å²) in [5.41, 5.74) is 3.59. The van der Waals surface area contributed by atoms with Gasteiger partial charge in [-0.3, -0.25) is 14.5 Å². The number of hydrogen-bond donors (Lipinski definition) is 2. The molecular formula is C20H16F3N5O. The Labute approximate surface area is 163 Å². The van der Waals surface area contributed by atoms with Crippen molar-refractivity contribution in [3.63, 3.8) is 0 Å². The third-order valence-electron chi connectivity index (χ3n) is 4.38. The maximum absolute atomic E-state index is 12.4. The number of hydrogen-bond acceptors (Lipinski definition) is 3. The first-order valence-corrected chi connectivity index (χ1v) is 8.78. The van der Waals surface area contributed by atoms with Crippen LogP contribution in [0.2, 0.25) is 0 Å². The Balaban J connectivity index is 1.42. The largest absolute Gasteiger partial charge is 0.408 e. The standard InChI is InChI=1S/C20H16F3N5O/c21-20(22,23)12-28-11-13(10-27-28)9-26-19(29)15-3-1-14(2-4-15)18-16-5-7-24-17(16)6-8-25-18/h1-8,10-11,24H,9,12H2,(H,26,29). The van der Waals surface area contributed by atoms with E-state index in [2.05, 4.69) is 20.4 Å². The average Bonchev–Trinajstić information content (AvgIpc) is 3.34. The van der Waals surface area contributed by atoms with E-state index in [1.807, 2.05) is 30.5 Å². The summed E-state index contributed by atoms with van der Waals surface area (Å²) >= 11 is 0. The summed E-state index contributed by atoms with van der Waals surface area (Å²) in [6.07, 6.45) is 1.79. The van der Waals surface area contributed by atoms with Gasteiger partial charge in [-0.2, -0.15) is 18.3 Å². The molecule has 0 bridgehead atoms. The summed E-state index contributed by atoms with van der Waals surface area (Å²) < 4.78 is 37.9. The molecule has 0 aliphatic heterocycles. The lowest BCUT2D eigenvalue weighted by Crippen LogP contribution is -2.22. The first-order chi connectivity index (χ1) is 13.9. The SMILES string of the molecule is O=C(NCc1cnn(CC(F)(F)F)c1)c1ccc(-c2nccc3[nH]ccc23)cc1. The molecular weight excluding hydrogens is 383 g/mol. The van der Waals surface area contributed by atoms with Crippen LogP contribution in [0, 0.1) is 0 Å². The lowest BCUT2D eigenvalue weighted by molar-refractivity contribution is -0.142. The van der Waals surface area contributed by atoms with Crippen molar-refractivity contribution >= 4 is 16.8 Å². The third-order valence-corrected chi connectivity index (χ3v) is 4.38. The molecule has 4 rings (SSSR count). The monoisotopic (exact) mass is 399 g/mol. The number of carbonyl (C=O) groups excluding carboxylic acids is 1. The number of alkyl halides is 3. The van der Waals surface area contributed by atoms with Crippen LogP contribution in [0.4, 0.5) is 13.2 Å². The second kappa shape index (κ2) is 7.42. The molecule has 0 radical (unpaired) electrons. The minimum Gasteiger partial charge on any atom is -0.361 e. The number of aromatic amines is 1. The second-order valence-corrected chi connectivity index (χ2v) is 6.52. The number of carbonyl (C=O) groups is 1. The zero-order valence-corrected chi connectivity index (χ0v) is 15.1. The molecule has 148 valence electrons. The van der Waals surface area contributed by atoms with Gasteiger partial charge in [0.2, 0.25) is 0 Å². The summed E-state index contributed by atoms with van der Waals surface area (Å²) in [6, 6.07) is 10.8. The quantitative estimate of drug-likeness (QED) is 0.534. The number of nitrogens with one attached hydrogen (secondary N) is 2. The normalized spacial score (nSPS) is 11.7. The molecule has 6 nitrogen and oxygen atoms in total. The molecule has 0 saturated carbocycles. The van der Waals surface area contributed by atoms with Gasteiger partial charge in [0.15, 0.2) is 0 Å². The third kappa shape index (κ3) is 4.29. The molecule has 2 N–H and O–H groups in total. The van der Waals surface area contributed by atoms with Crippen LogP contribution in [0.25, 0.3) is 22.2 Å². The van der Waals surface area contributed by atoms with Gasteiger partial charge in [0.05, 0.1) is 11.9 Å². The van der Waals surface area contributed by atoms with Crippen molar-refractivity contribution in [1.29, 1.82) is 0 Å². The van der Waals surface area contributed by atoms with Crippen molar-refractivity contribution in [2.75, 3.05) is 0 Å². The Bertz CT molecular complexity index is 1140. The van der Waals surface area contributed by atoms with Gasteiger partial charge in [0.25, 0.3) is 5.91 Å². The smallest absolute Gasteiger partial charge is 0.361 e. The van der Waals surface area contributed by atoms with Crippen LogP contribution in [-0.4, -0.2) is 31.8 Å². The number of fused-ring (bicyclic) bond motifs is 1. The first-order valence-electron chi connectivity index (χ1n) is 8.78. The molecule has 0 saturated heterocycles. The number of benzene rings is 1. The van der Waals surface area contributed by atoms with Gasteiger partial charge in [-0.1, -0.05) is 12.1 Å². The van der Waals surface area contributed by atoms with Crippen LogP contribution in [0.5, 0.6) is 0 Å². The molecule has 3 aromatic heterocycles. The zero-order chi connectivity index (χ0) is 20.4. The van der Waals surface area contributed by atoms with Gasteiger partial charge >= 0.3 is 6.18 Å². The van der Waals surface area contributed by atoms with Crippen molar-refractivity contribution in [3.8, 4) is 11.3 Å². The highest BCUT2D eigenvalue weighted by atomic mass is 19.4. The number of nitrogens with zero attached hydrogens (tertiary/aromatic N) is 3. The molecule has 0 unspecified atom stereocenters. The minimum atomic E-state index is -4.34. The maximum atomic E-state index is 12.4. The number of halogens is 3. The average molecular weight is 399 g/mol. The minimum absolute atomic E-state index is 0.0860. The van der Waals surface area contributed by atoms with Crippen LogP contribution < -0.4 is 5.32 Å². The molecule has 9 heteroatoms. The highest BCUT2D eigenvalue weighted by molar-refractivity contribution is 5.96. The van der Waals surface area contributed by atoms with Gasteiger partial charge < -0.3 is 10.3 Å². The number of pyridine rings is 1. The fraction of sp³-hybridized carbons (Fsp3) is 0.150. The van der Waals surface area contributed by atoms with Crippen LogP contribution in [-0.2, 0) is 13.1 Å². The Morgan fingerprint density at radius 3 is 2.69 bits per heavy atom. The predicted octanol–water partition coefficient (Wildman–Crippen LogP) is 3.92. The molecule has 0 aliphatic rings. The van der Waals surface area contributed by atoms with Crippen LogP contribution in [0.1, 0.15) is 15.9 Å². The molecule has 0 fully saturated rings. The molecule has 0 aliphatic carbocycles. The van der Waals surface area contributed by atoms with Crippen molar-refractivity contribution in [2.45, 2.75) is 19.3 Å². The topological polar surface area (TPSA) is 75.6 Å². The summed E-state index contributed by atoms with van der Waals surface area (Å²) in [5, 5.41) is 7.32. The van der Waals surface area contributed by atoms with E-state index >= 15 is 0 Å². The summed E-state index contributed by atoms with van der Waals surface area (Å²) in [4.78, 5) is 19.9. The Morgan fingerprint density at radius 2 is 1.93 bits per heavy atom. The fourth-order valence-corrected chi connectivity index (χ4v) is 3.04. The van der Waals surface area contributed by atoms with E-state index in [9.17, 15) is 18.0 Å². The van der Waals surface area contributed by atoms with Crippen LogP contribution in [0.15, 0.2) is 61.2 Å². The van der Waals surface area contributed by atoms with Crippen molar-refractivity contribution < 1.29 is 18.0 Å². The molecule has 1 amide bonds. The Hall–Kier alpha value is -3.62. The number of H-pyrrole nitrogens is 1. The van der Waals surface area contributed by atoms with E-state index in [0.29, 0.717) is 11.1 Å². The zero-order valence-electron chi connectivity index (χ0n) is 15.1. The lowest BCUT2D eigenvalue weighted by atomic mass is 10.1. The highest BCUT2D eigenvalue weighted by Crippen LogP contribution is 2.26. The van der Waals surface area contributed by atoms with E-state index < -0.39 is 12.7 Å². The fourth-order valence-electron chi connectivity index (χ4n) is 3.04. The van der Waals surface area contributed by atoms with Gasteiger partial charge in [-0.05, 0) is 24.3 Å². The summed E-state index contributed by atoms with van der Waals surface area (Å²) in [7, 11) is 0. The van der Waals surface area contributed by atoms with E-state index in [-0.39, 0.29) is 12.5 Å². The molecule has 29 heavy (non-hydrogen) atoms. The number of rotatable bonds is 5. The summed E-state index contributed by atoms with van der Waals surface area (Å²) in [5.74, 6) is -0.326. The van der Waals surface area contributed by atoms with Crippen molar-refractivity contribution in [1.82, 2.24) is 25.1 Å². The first kappa shape index (κ1) is 18.7. The predicted molar refractivity (Wildman–Crippen MR) is 101 cm³/mol. The van der Waals surface area contributed by atoms with Gasteiger partial charge in [0.1, 0.15) is 6.54 Å². The van der Waals surface area contributed by atoms with Crippen molar-refractivity contribution in [3.05, 3.63) is 72.3 Å². The molecule has 0 spiro atoms. The number of aromatic nitrogens is 4. The van der Waals surface area contributed by atoms with Gasteiger partial charge in [-0.25, -0.2) is 0 Å². The molecule has 0 atom stereocenters. The second-order valence-electron chi connectivity index (χ2n) is 6.52. The van der Waals surface area contributed by atoms with E-state index in [1.165, 1.54) is 12.4 Å². The molecule has 3 heterocycles. The number of amides is 1. The lowest BCUT2D eigenvalue weighted by Gasteiger charge is -2.07. The Kier molecular flexibility index (Phi) is 4.79. The van der Waals surface area contributed by atoms with E-state index in [0.717, 1.165) is 26.8 Å². The molecule has 1 aromatic carbocycles. The maximum Gasteiger partial charge on any atom is 0.408 e. The van der Waals surface area contributed by atoms with E-state index in [4.69, 9.17) is 0 Å². The van der Waals surface area contributed by atoms with Crippen LogP contribution >= 0.6 is 0 Å². The summed E-state index contributed by atoms with van der Waals surface area (Å²) in [6.45, 7) is -1.08. The van der Waals surface area contributed by atoms with Crippen molar-refractivity contribution in [2.24, 2.45) is 0 Å². The van der Waals surface area contributed by atoms with E-state index in [1.54, 1.807) is 18.3 Å².